The Morgan fingerprint density at radius 2 is 2.04 bits per heavy atom. The van der Waals surface area contributed by atoms with E-state index in [-0.39, 0.29) is 12.0 Å². The number of nitrogens with zero attached hydrogens (tertiary/aromatic N) is 2. The predicted molar refractivity (Wildman–Crippen MR) is 95.0 cm³/mol. The molecule has 2 fully saturated rings. The van der Waals surface area contributed by atoms with Gasteiger partial charge in [-0.1, -0.05) is 30.3 Å². The van der Waals surface area contributed by atoms with Crippen LogP contribution >= 0.6 is 0 Å². The Bertz CT molecular complexity index is 509. The zero-order valence-electron chi connectivity index (χ0n) is 14.6. The molecule has 0 radical (unpaired) electrons. The quantitative estimate of drug-likeness (QED) is 0.879. The van der Waals surface area contributed by atoms with Gasteiger partial charge in [-0.2, -0.15) is 0 Å². The summed E-state index contributed by atoms with van der Waals surface area (Å²) in [4.78, 5) is 17.5. The van der Waals surface area contributed by atoms with E-state index in [2.05, 4.69) is 46.4 Å². The lowest BCUT2D eigenvalue weighted by atomic mass is 10.0. The van der Waals surface area contributed by atoms with Crippen molar-refractivity contribution in [1.82, 2.24) is 15.1 Å². The molecule has 0 saturated carbocycles. The molecule has 24 heavy (non-hydrogen) atoms. The first-order valence-corrected chi connectivity index (χ1v) is 9.09. The number of amides is 1. The summed E-state index contributed by atoms with van der Waals surface area (Å²) in [5, 5.41) is 3.27. The minimum atomic E-state index is -0.325. The SMILES string of the molecule is CN1CCC(N(CCc2ccccc2)C(=O)[C@H]2CNCCO2)CC1. The molecule has 2 aliphatic heterocycles. The summed E-state index contributed by atoms with van der Waals surface area (Å²) in [6.45, 7) is 4.98. The van der Waals surface area contributed by atoms with Crippen molar-refractivity contribution in [3.63, 3.8) is 0 Å². The average Bonchev–Trinajstić information content (AvgIpc) is 2.65. The molecule has 0 bridgehead atoms. The zero-order chi connectivity index (χ0) is 16.8. The Balaban J connectivity index is 1.66. The number of rotatable bonds is 5. The summed E-state index contributed by atoms with van der Waals surface area (Å²) >= 11 is 0. The maximum absolute atomic E-state index is 13.0. The van der Waals surface area contributed by atoms with Crippen LogP contribution in [0.25, 0.3) is 0 Å². The van der Waals surface area contributed by atoms with E-state index in [0.717, 1.165) is 45.4 Å². The second kappa shape index (κ2) is 8.60. The van der Waals surface area contributed by atoms with Crippen molar-refractivity contribution in [2.24, 2.45) is 0 Å². The average molecular weight is 331 g/mol. The van der Waals surface area contributed by atoms with Crippen molar-refractivity contribution in [1.29, 1.82) is 0 Å². The number of carbonyl (C=O) groups is 1. The number of ether oxygens (including phenoxy) is 1. The normalized spacial score (nSPS) is 23.1. The maximum atomic E-state index is 13.0. The van der Waals surface area contributed by atoms with Gasteiger partial charge in [0.1, 0.15) is 6.10 Å². The molecule has 1 atom stereocenters. The Hall–Kier alpha value is -1.43. The van der Waals surface area contributed by atoms with Gasteiger partial charge in [0.15, 0.2) is 0 Å². The molecule has 1 aromatic rings. The highest BCUT2D eigenvalue weighted by Crippen LogP contribution is 2.18. The van der Waals surface area contributed by atoms with Gasteiger partial charge in [-0.3, -0.25) is 4.79 Å². The highest BCUT2D eigenvalue weighted by Gasteiger charge is 2.32. The predicted octanol–water partition coefficient (Wildman–Crippen LogP) is 1.14. The molecule has 0 aromatic heterocycles. The summed E-state index contributed by atoms with van der Waals surface area (Å²) < 4.78 is 5.72. The van der Waals surface area contributed by atoms with Crippen molar-refractivity contribution in [2.75, 3.05) is 46.4 Å². The topological polar surface area (TPSA) is 44.8 Å². The molecular weight excluding hydrogens is 302 g/mol. The molecule has 0 unspecified atom stereocenters. The number of hydrogen-bond acceptors (Lipinski definition) is 4. The molecule has 2 saturated heterocycles. The molecule has 1 amide bonds. The molecule has 2 aliphatic rings. The van der Waals surface area contributed by atoms with Gasteiger partial charge < -0.3 is 19.9 Å². The van der Waals surface area contributed by atoms with Crippen LogP contribution < -0.4 is 5.32 Å². The molecule has 0 spiro atoms. The van der Waals surface area contributed by atoms with E-state index in [1.807, 2.05) is 6.07 Å². The maximum Gasteiger partial charge on any atom is 0.253 e. The van der Waals surface area contributed by atoms with Gasteiger partial charge in [0.05, 0.1) is 6.61 Å². The first-order chi connectivity index (χ1) is 11.7. The van der Waals surface area contributed by atoms with Crippen LogP contribution in [-0.2, 0) is 16.0 Å². The first kappa shape index (κ1) is 17.4. The Morgan fingerprint density at radius 1 is 1.29 bits per heavy atom. The molecule has 0 aliphatic carbocycles. The fourth-order valence-electron chi connectivity index (χ4n) is 3.58. The number of likely N-dealkylation sites (tertiary alicyclic amines) is 1. The molecule has 2 heterocycles. The van der Waals surface area contributed by atoms with E-state index in [0.29, 0.717) is 19.2 Å². The third-order valence-electron chi connectivity index (χ3n) is 5.10. The van der Waals surface area contributed by atoms with E-state index in [1.165, 1.54) is 5.56 Å². The van der Waals surface area contributed by atoms with Gasteiger partial charge in [-0.25, -0.2) is 0 Å². The highest BCUT2D eigenvalue weighted by atomic mass is 16.5. The fraction of sp³-hybridized carbons (Fsp3) is 0.632. The van der Waals surface area contributed by atoms with Crippen molar-refractivity contribution in [3.05, 3.63) is 35.9 Å². The van der Waals surface area contributed by atoms with E-state index < -0.39 is 0 Å². The number of hydrogen-bond donors (Lipinski definition) is 1. The lowest BCUT2D eigenvalue weighted by Crippen LogP contribution is -2.54. The van der Waals surface area contributed by atoms with Crippen LogP contribution in [0.2, 0.25) is 0 Å². The number of piperidine rings is 1. The van der Waals surface area contributed by atoms with Crippen LogP contribution in [-0.4, -0.2) is 74.2 Å². The van der Waals surface area contributed by atoms with E-state index in [4.69, 9.17) is 4.74 Å². The summed E-state index contributed by atoms with van der Waals surface area (Å²) in [7, 11) is 2.15. The molecule has 5 heteroatoms. The van der Waals surface area contributed by atoms with Crippen molar-refractivity contribution in [3.8, 4) is 0 Å². The smallest absolute Gasteiger partial charge is 0.253 e. The summed E-state index contributed by atoms with van der Waals surface area (Å²) in [5.41, 5.74) is 1.28. The fourth-order valence-corrected chi connectivity index (χ4v) is 3.58. The summed E-state index contributed by atoms with van der Waals surface area (Å²) in [6, 6.07) is 10.8. The standard InChI is InChI=1S/C19H29N3O2/c1-21-11-8-17(9-12-21)22(13-7-16-5-3-2-4-6-16)19(23)18-15-20-10-14-24-18/h2-6,17-18,20H,7-15H2,1H3/t18-/m1/s1. The third kappa shape index (κ3) is 4.56. The first-order valence-electron chi connectivity index (χ1n) is 9.09. The van der Waals surface area contributed by atoms with E-state index in [9.17, 15) is 4.79 Å². The molecule has 1 N–H and O–H groups in total. The van der Waals surface area contributed by atoms with Crippen LogP contribution in [0.4, 0.5) is 0 Å². The number of morpholine rings is 1. The Labute approximate surface area is 145 Å². The zero-order valence-corrected chi connectivity index (χ0v) is 14.6. The van der Waals surface area contributed by atoms with Gasteiger partial charge in [0.25, 0.3) is 5.91 Å². The lowest BCUT2D eigenvalue weighted by Gasteiger charge is -2.39. The van der Waals surface area contributed by atoms with Gasteiger partial charge in [-0.15, -0.1) is 0 Å². The van der Waals surface area contributed by atoms with Crippen LogP contribution in [0, 0.1) is 0 Å². The minimum absolute atomic E-state index is 0.160. The number of nitrogens with one attached hydrogen (secondary N) is 1. The van der Waals surface area contributed by atoms with Crippen LogP contribution in [0.1, 0.15) is 18.4 Å². The molecule has 5 nitrogen and oxygen atoms in total. The molecule has 132 valence electrons. The minimum Gasteiger partial charge on any atom is -0.366 e. The van der Waals surface area contributed by atoms with Crippen LogP contribution in [0.5, 0.6) is 0 Å². The number of carbonyl (C=O) groups excluding carboxylic acids is 1. The lowest BCUT2D eigenvalue weighted by molar-refractivity contribution is -0.148. The third-order valence-corrected chi connectivity index (χ3v) is 5.10. The van der Waals surface area contributed by atoms with Crippen molar-refractivity contribution < 1.29 is 9.53 Å². The Morgan fingerprint density at radius 3 is 2.71 bits per heavy atom. The van der Waals surface area contributed by atoms with Crippen molar-refractivity contribution >= 4 is 5.91 Å². The summed E-state index contributed by atoms with van der Waals surface area (Å²) in [6.07, 6.45) is 2.68. The molecular formula is C19H29N3O2. The summed E-state index contributed by atoms with van der Waals surface area (Å²) in [5.74, 6) is 0.160. The largest absolute Gasteiger partial charge is 0.366 e. The highest BCUT2D eigenvalue weighted by molar-refractivity contribution is 5.81. The van der Waals surface area contributed by atoms with E-state index >= 15 is 0 Å². The van der Waals surface area contributed by atoms with Crippen molar-refractivity contribution in [2.45, 2.75) is 31.4 Å². The molecule has 1 aromatic carbocycles. The van der Waals surface area contributed by atoms with Gasteiger partial charge in [0, 0.05) is 25.7 Å². The molecule has 3 rings (SSSR count). The van der Waals surface area contributed by atoms with E-state index in [1.54, 1.807) is 0 Å². The van der Waals surface area contributed by atoms with Crippen LogP contribution in [0.3, 0.4) is 0 Å². The van der Waals surface area contributed by atoms with Gasteiger partial charge in [-0.05, 0) is 45.0 Å². The second-order valence-corrected chi connectivity index (χ2v) is 6.87. The Kier molecular flexibility index (Phi) is 6.24. The van der Waals surface area contributed by atoms with Gasteiger partial charge in [0.2, 0.25) is 0 Å². The number of benzene rings is 1. The van der Waals surface area contributed by atoms with Gasteiger partial charge >= 0.3 is 0 Å². The van der Waals surface area contributed by atoms with Crippen LogP contribution in [0.15, 0.2) is 30.3 Å². The monoisotopic (exact) mass is 331 g/mol. The second-order valence-electron chi connectivity index (χ2n) is 6.87.